The summed E-state index contributed by atoms with van der Waals surface area (Å²) in [5.41, 5.74) is 0.467. The zero-order chi connectivity index (χ0) is 20.9. The van der Waals surface area contributed by atoms with Gasteiger partial charge in [-0.15, -0.1) is 23.1 Å². The lowest BCUT2D eigenvalue weighted by Crippen LogP contribution is -2.22. The number of rotatable bonds is 9. The maximum atomic E-state index is 12.4. The summed E-state index contributed by atoms with van der Waals surface area (Å²) in [4.78, 5) is 17.5. The van der Waals surface area contributed by atoms with Crippen LogP contribution in [0.5, 0.6) is 0 Å². The van der Waals surface area contributed by atoms with E-state index in [0.717, 1.165) is 33.5 Å². The average Bonchev–Trinajstić information content (AvgIpc) is 3.36. The molecular formula is C17H18N4O3S5. The van der Waals surface area contributed by atoms with Crippen molar-refractivity contribution >= 4 is 73.1 Å². The summed E-state index contributed by atoms with van der Waals surface area (Å²) >= 11 is 5.22. The molecule has 2 N–H and O–H groups in total. The Balaban J connectivity index is 1.56. The molecule has 0 fully saturated rings. The van der Waals surface area contributed by atoms with Gasteiger partial charge in [-0.25, -0.2) is 8.42 Å². The third kappa shape index (κ3) is 6.19. The van der Waals surface area contributed by atoms with Gasteiger partial charge in [0.25, 0.3) is 10.0 Å². The Bertz CT molecular complexity index is 1050. The van der Waals surface area contributed by atoms with E-state index in [0.29, 0.717) is 16.0 Å². The Kier molecular flexibility index (Phi) is 7.57. The van der Waals surface area contributed by atoms with Crippen LogP contribution in [-0.2, 0) is 14.8 Å². The van der Waals surface area contributed by atoms with Gasteiger partial charge in [-0.05, 0) is 48.4 Å². The van der Waals surface area contributed by atoms with E-state index in [-0.39, 0.29) is 15.4 Å². The lowest BCUT2D eigenvalue weighted by molar-refractivity contribution is -0.115. The van der Waals surface area contributed by atoms with Crippen LogP contribution in [-0.4, -0.2) is 34.7 Å². The zero-order valence-corrected chi connectivity index (χ0v) is 19.6. The number of nitrogens with zero attached hydrogens (tertiary/aromatic N) is 2. The van der Waals surface area contributed by atoms with Crippen molar-refractivity contribution in [3.8, 4) is 0 Å². The van der Waals surface area contributed by atoms with Crippen LogP contribution in [0.15, 0.2) is 56.0 Å². The van der Waals surface area contributed by atoms with Gasteiger partial charge in [-0.1, -0.05) is 24.8 Å². The van der Waals surface area contributed by atoms with Crippen LogP contribution >= 0.6 is 46.4 Å². The predicted octanol–water partition coefficient (Wildman–Crippen LogP) is 4.63. The molecule has 154 valence electrons. The average molecular weight is 487 g/mol. The van der Waals surface area contributed by atoms with Crippen LogP contribution in [0.2, 0.25) is 0 Å². The third-order valence-corrected chi connectivity index (χ3v) is 8.83. The highest BCUT2D eigenvalue weighted by atomic mass is 32.2. The van der Waals surface area contributed by atoms with E-state index in [9.17, 15) is 13.2 Å². The number of sulfonamides is 1. The number of anilines is 2. The Hall–Kier alpha value is -1.60. The van der Waals surface area contributed by atoms with Crippen molar-refractivity contribution in [3.63, 3.8) is 0 Å². The second kappa shape index (κ2) is 9.94. The molecule has 0 aliphatic heterocycles. The molecule has 0 saturated heterocycles. The highest BCUT2D eigenvalue weighted by Gasteiger charge is 2.18. The zero-order valence-electron chi connectivity index (χ0n) is 15.5. The molecule has 0 radical (unpaired) electrons. The standard InChI is InChI=1S/C17H18N4O3S5/c1-3-25-17-19-16(28-20-17)18-15(22)11(2)27-13-8-6-12(7-9-13)21-29(23,24)14-5-4-10-26-14/h4-11,21H,3H2,1-2H3,(H,18,19,20,22). The summed E-state index contributed by atoms with van der Waals surface area (Å²) in [6.45, 7) is 3.82. The van der Waals surface area contributed by atoms with Crippen LogP contribution in [0.4, 0.5) is 10.8 Å². The van der Waals surface area contributed by atoms with Crippen molar-refractivity contribution in [1.29, 1.82) is 0 Å². The highest BCUT2D eigenvalue weighted by Crippen LogP contribution is 2.27. The van der Waals surface area contributed by atoms with Gasteiger partial charge in [-0.3, -0.25) is 14.8 Å². The van der Waals surface area contributed by atoms with Crippen molar-refractivity contribution in [2.75, 3.05) is 15.8 Å². The fourth-order valence-electron chi connectivity index (χ4n) is 2.14. The first kappa shape index (κ1) is 22.1. The summed E-state index contributed by atoms with van der Waals surface area (Å²) in [6.07, 6.45) is 0. The molecule has 1 atom stereocenters. The number of carbonyl (C=O) groups is 1. The van der Waals surface area contributed by atoms with Gasteiger partial charge in [0.1, 0.15) is 4.21 Å². The number of carbonyl (C=O) groups excluding carboxylic acids is 1. The van der Waals surface area contributed by atoms with Crippen molar-refractivity contribution < 1.29 is 13.2 Å². The molecule has 0 bridgehead atoms. The van der Waals surface area contributed by atoms with Crippen LogP contribution in [0.25, 0.3) is 0 Å². The number of benzene rings is 1. The lowest BCUT2D eigenvalue weighted by Gasteiger charge is -2.11. The molecule has 2 aromatic heterocycles. The quantitative estimate of drug-likeness (QED) is 0.425. The van der Waals surface area contributed by atoms with E-state index in [2.05, 4.69) is 19.4 Å². The molecule has 3 rings (SSSR count). The topological polar surface area (TPSA) is 101 Å². The second-order valence-electron chi connectivity index (χ2n) is 5.63. The summed E-state index contributed by atoms with van der Waals surface area (Å²) < 4.78 is 31.5. The van der Waals surface area contributed by atoms with Crippen molar-refractivity contribution in [1.82, 2.24) is 9.36 Å². The SMILES string of the molecule is CCSc1nsc(NC(=O)C(C)Sc2ccc(NS(=O)(=O)c3cccs3)cc2)n1. The minimum atomic E-state index is -3.57. The first-order valence-corrected chi connectivity index (χ1v) is 13.5. The van der Waals surface area contributed by atoms with Crippen molar-refractivity contribution in [3.05, 3.63) is 41.8 Å². The molecule has 12 heteroatoms. The van der Waals surface area contributed by atoms with Gasteiger partial charge in [0, 0.05) is 22.1 Å². The van der Waals surface area contributed by atoms with E-state index in [1.807, 2.05) is 6.92 Å². The summed E-state index contributed by atoms with van der Waals surface area (Å²) in [5, 5.41) is 5.29. The van der Waals surface area contributed by atoms with Crippen LogP contribution in [0.3, 0.4) is 0 Å². The number of hydrogen-bond donors (Lipinski definition) is 2. The van der Waals surface area contributed by atoms with E-state index in [4.69, 9.17) is 0 Å². The minimum absolute atomic E-state index is 0.165. The Morgan fingerprint density at radius 1 is 1.24 bits per heavy atom. The van der Waals surface area contributed by atoms with E-state index < -0.39 is 10.0 Å². The van der Waals surface area contributed by atoms with Gasteiger partial charge in [-0.2, -0.15) is 9.36 Å². The molecular weight excluding hydrogens is 469 g/mol. The van der Waals surface area contributed by atoms with Gasteiger partial charge >= 0.3 is 0 Å². The van der Waals surface area contributed by atoms with Crippen LogP contribution in [0.1, 0.15) is 13.8 Å². The third-order valence-electron chi connectivity index (χ3n) is 3.46. The monoisotopic (exact) mass is 486 g/mol. The Morgan fingerprint density at radius 2 is 2.00 bits per heavy atom. The summed E-state index contributed by atoms with van der Waals surface area (Å²) in [7, 11) is -3.57. The van der Waals surface area contributed by atoms with Gasteiger partial charge in [0.05, 0.1) is 5.25 Å². The number of nitrogens with one attached hydrogen (secondary N) is 2. The predicted molar refractivity (Wildman–Crippen MR) is 122 cm³/mol. The number of thioether (sulfide) groups is 2. The second-order valence-corrected chi connectivity index (χ2v) is 11.9. The first-order chi connectivity index (χ1) is 13.9. The molecule has 1 amide bonds. The minimum Gasteiger partial charge on any atom is -0.300 e. The first-order valence-electron chi connectivity index (χ1n) is 8.48. The molecule has 2 heterocycles. The largest absolute Gasteiger partial charge is 0.300 e. The molecule has 3 aromatic rings. The summed E-state index contributed by atoms with van der Waals surface area (Å²) in [5.74, 6) is 0.706. The van der Waals surface area contributed by atoms with Gasteiger partial charge in [0.2, 0.25) is 16.2 Å². The molecule has 0 aliphatic carbocycles. The van der Waals surface area contributed by atoms with Crippen molar-refractivity contribution in [2.24, 2.45) is 0 Å². The molecule has 1 unspecified atom stereocenters. The van der Waals surface area contributed by atoms with E-state index >= 15 is 0 Å². The normalized spacial score (nSPS) is 12.5. The van der Waals surface area contributed by atoms with Crippen LogP contribution in [0, 0.1) is 0 Å². The number of aromatic nitrogens is 2. The molecule has 0 spiro atoms. The van der Waals surface area contributed by atoms with E-state index in [1.165, 1.54) is 23.5 Å². The maximum Gasteiger partial charge on any atom is 0.271 e. The maximum absolute atomic E-state index is 12.4. The number of amides is 1. The molecule has 29 heavy (non-hydrogen) atoms. The highest BCUT2D eigenvalue weighted by molar-refractivity contribution is 8.00. The molecule has 0 saturated carbocycles. The van der Waals surface area contributed by atoms with Crippen molar-refractivity contribution in [2.45, 2.75) is 33.4 Å². The fourth-order valence-corrected chi connectivity index (χ4v) is 6.33. The number of hydrogen-bond acceptors (Lipinski definition) is 9. The van der Waals surface area contributed by atoms with E-state index in [1.54, 1.807) is 48.7 Å². The smallest absolute Gasteiger partial charge is 0.271 e. The molecule has 7 nitrogen and oxygen atoms in total. The van der Waals surface area contributed by atoms with Gasteiger partial charge in [0.15, 0.2) is 0 Å². The van der Waals surface area contributed by atoms with Crippen LogP contribution < -0.4 is 10.0 Å². The molecule has 0 aliphatic rings. The number of thiophene rings is 1. The summed E-state index contributed by atoms with van der Waals surface area (Å²) in [6, 6.07) is 10.2. The fraction of sp³-hybridized carbons (Fsp3) is 0.235. The lowest BCUT2D eigenvalue weighted by atomic mass is 10.3. The van der Waals surface area contributed by atoms with Gasteiger partial charge < -0.3 is 0 Å². The Labute approximate surface area is 185 Å². The molecule has 1 aromatic carbocycles. The Morgan fingerprint density at radius 3 is 2.66 bits per heavy atom.